The molecule has 0 bridgehead atoms. The standard InChI is InChI=1S/C24H22ClNO4/c1-17-7-12-21(24(28)29)22(13-17)30-16-23(27)26(14-18-5-3-2-4-6-18)15-19-8-10-20(25)11-9-19/h2-13H,14-16H2,1H3,(H,28,29). The number of carboxylic acids is 1. The molecule has 0 heterocycles. The van der Waals surface area contributed by atoms with Gasteiger partial charge in [0, 0.05) is 18.1 Å². The molecule has 0 radical (unpaired) electrons. The molecule has 3 aromatic rings. The highest BCUT2D eigenvalue weighted by Crippen LogP contribution is 2.21. The predicted molar refractivity (Wildman–Crippen MR) is 116 cm³/mol. The van der Waals surface area contributed by atoms with E-state index < -0.39 is 5.97 Å². The summed E-state index contributed by atoms with van der Waals surface area (Å²) in [5.41, 5.74) is 2.80. The van der Waals surface area contributed by atoms with Crippen molar-refractivity contribution in [3.63, 3.8) is 0 Å². The fourth-order valence-corrected chi connectivity index (χ4v) is 3.13. The van der Waals surface area contributed by atoms with E-state index in [4.69, 9.17) is 16.3 Å². The summed E-state index contributed by atoms with van der Waals surface area (Å²) in [6.07, 6.45) is 0. The molecule has 5 nitrogen and oxygen atoms in total. The number of nitrogens with zero attached hydrogens (tertiary/aromatic N) is 1. The van der Waals surface area contributed by atoms with Gasteiger partial charge < -0.3 is 14.7 Å². The van der Waals surface area contributed by atoms with E-state index in [2.05, 4.69) is 0 Å². The number of carbonyl (C=O) groups excluding carboxylic acids is 1. The van der Waals surface area contributed by atoms with Gasteiger partial charge in [0.2, 0.25) is 0 Å². The van der Waals surface area contributed by atoms with Gasteiger partial charge in [-0.3, -0.25) is 4.79 Å². The maximum absolute atomic E-state index is 13.0. The second-order valence-corrected chi connectivity index (χ2v) is 7.39. The Morgan fingerprint density at radius 1 is 0.933 bits per heavy atom. The summed E-state index contributed by atoms with van der Waals surface area (Å²) in [4.78, 5) is 26.1. The van der Waals surface area contributed by atoms with E-state index in [0.29, 0.717) is 18.1 Å². The number of aryl methyl sites for hydroxylation is 1. The Morgan fingerprint density at radius 3 is 2.20 bits per heavy atom. The van der Waals surface area contributed by atoms with Crippen molar-refractivity contribution in [2.75, 3.05) is 6.61 Å². The largest absolute Gasteiger partial charge is 0.483 e. The Labute approximate surface area is 180 Å². The number of hydrogen-bond donors (Lipinski definition) is 1. The molecular weight excluding hydrogens is 402 g/mol. The summed E-state index contributed by atoms with van der Waals surface area (Å²) in [5.74, 6) is -1.16. The third-order valence-electron chi connectivity index (χ3n) is 4.57. The average molecular weight is 424 g/mol. The number of amides is 1. The molecule has 0 atom stereocenters. The topological polar surface area (TPSA) is 66.8 Å². The van der Waals surface area contributed by atoms with Crippen LogP contribution in [0.25, 0.3) is 0 Å². The highest BCUT2D eigenvalue weighted by molar-refractivity contribution is 6.30. The van der Waals surface area contributed by atoms with Gasteiger partial charge in [-0.15, -0.1) is 0 Å². The highest BCUT2D eigenvalue weighted by Gasteiger charge is 2.18. The minimum absolute atomic E-state index is 0.0284. The van der Waals surface area contributed by atoms with Crippen LogP contribution in [-0.2, 0) is 17.9 Å². The lowest BCUT2D eigenvalue weighted by molar-refractivity contribution is -0.134. The van der Waals surface area contributed by atoms with Crippen molar-refractivity contribution >= 4 is 23.5 Å². The molecular formula is C24H22ClNO4. The normalized spacial score (nSPS) is 10.5. The van der Waals surface area contributed by atoms with Crippen LogP contribution in [0.5, 0.6) is 5.75 Å². The average Bonchev–Trinajstić information content (AvgIpc) is 2.73. The van der Waals surface area contributed by atoms with E-state index in [9.17, 15) is 14.7 Å². The number of rotatable bonds is 8. The molecule has 0 saturated heterocycles. The van der Waals surface area contributed by atoms with Crippen LogP contribution < -0.4 is 4.74 Å². The van der Waals surface area contributed by atoms with Gasteiger partial charge in [0.05, 0.1) is 0 Å². The van der Waals surface area contributed by atoms with Crippen LogP contribution in [0.3, 0.4) is 0 Å². The van der Waals surface area contributed by atoms with Crippen molar-refractivity contribution in [2.45, 2.75) is 20.0 Å². The Kier molecular flexibility index (Phi) is 7.09. The van der Waals surface area contributed by atoms with Crippen LogP contribution in [0, 0.1) is 6.92 Å². The number of carboxylic acid groups (broad SMARTS) is 1. The number of halogens is 1. The molecule has 0 spiro atoms. The summed E-state index contributed by atoms with van der Waals surface area (Å²) in [5, 5.41) is 9.99. The zero-order valence-corrected chi connectivity index (χ0v) is 17.3. The van der Waals surface area contributed by atoms with Gasteiger partial charge in [-0.25, -0.2) is 4.79 Å². The van der Waals surface area contributed by atoms with Crippen molar-refractivity contribution in [3.8, 4) is 5.75 Å². The van der Waals surface area contributed by atoms with E-state index in [-0.39, 0.29) is 23.8 Å². The number of benzene rings is 3. The minimum atomic E-state index is -1.10. The minimum Gasteiger partial charge on any atom is -0.483 e. The van der Waals surface area contributed by atoms with Gasteiger partial charge in [0.1, 0.15) is 11.3 Å². The molecule has 3 aromatic carbocycles. The summed E-state index contributed by atoms with van der Waals surface area (Å²) in [7, 11) is 0. The summed E-state index contributed by atoms with van der Waals surface area (Å²) < 4.78 is 5.62. The summed E-state index contributed by atoms with van der Waals surface area (Å²) >= 11 is 5.96. The zero-order valence-electron chi connectivity index (χ0n) is 16.5. The van der Waals surface area contributed by atoms with Crippen molar-refractivity contribution in [3.05, 3.63) is 100 Å². The van der Waals surface area contributed by atoms with E-state index in [1.54, 1.807) is 29.2 Å². The van der Waals surface area contributed by atoms with Crippen LogP contribution in [0.1, 0.15) is 27.0 Å². The van der Waals surface area contributed by atoms with Crippen LogP contribution >= 0.6 is 11.6 Å². The highest BCUT2D eigenvalue weighted by atomic mass is 35.5. The molecule has 0 aromatic heterocycles. The molecule has 154 valence electrons. The number of carbonyl (C=O) groups is 2. The summed E-state index contributed by atoms with van der Waals surface area (Å²) in [6, 6.07) is 21.8. The van der Waals surface area contributed by atoms with Crippen molar-refractivity contribution in [1.29, 1.82) is 0 Å². The van der Waals surface area contributed by atoms with Gasteiger partial charge in [-0.1, -0.05) is 60.1 Å². The Hall–Kier alpha value is -3.31. The summed E-state index contributed by atoms with van der Waals surface area (Å²) in [6.45, 7) is 2.37. The first-order chi connectivity index (χ1) is 14.4. The van der Waals surface area contributed by atoms with E-state index >= 15 is 0 Å². The third kappa shape index (κ3) is 5.84. The lowest BCUT2D eigenvalue weighted by atomic mass is 10.1. The van der Waals surface area contributed by atoms with Crippen LogP contribution in [0.2, 0.25) is 5.02 Å². The third-order valence-corrected chi connectivity index (χ3v) is 4.83. The van der Waals surface area contributed by atoms with Crippen molar-refractivity contribution < 1.29 is 19.4 Å². The van der Waals surface area contributed by atoms with Crippen molar-refractivity contribution in [2.24, 2.45) is 0 Å². The molecule has 0 unspecified atom stereocenters. The van der Waals surface area contributed by atoms with Crippen molar-refractivity contribution in [1.82, 2.24) is 4.90 Å². The Morgan fingerprint density at radius 2 is 1.57 bits per heavy atom. The first kappa shape index (κ1) is 21.4. The predicted octanol–water partition coefficient (Wildman–Crippen LogP) is 4.95. The quantitative estimate of drug-likeness (QED) is 0.556. The molecule has 30 heavy (non-hydrogen) atoms. The molecule has 0 aliphatic rings. The van der Waals surface area contributed by atoms with E-state index in [1.165, 1.54) is 6.07 Å². The van der Waals surface area contributed by atoms with E-state index in [1.807, 2.05) is 49.4 Å². The Balaban J connectivity index is 1.77. The molecule has 1 amide bonds. The molecule has 0 aliphatic carbocycles. The monoisotopic (exact) mass is 423 g/mol. The molecule has 0 fully saturated rings. The van der Waals surface area contributed by atoms with Gasteiger partial charge in [0.25, 0.3) is 5.91 Å². The fourth-order valence-electron chi connectivity index (χ4n) is 3.00. The number of hydrogen-bond acceptors (Lipinski definition) is 3. The van der Waals surface area contributed by atoms with Crippen LogP contribution in [-0.4, -0.2) is 28.5 Å². The second kappa shape index (κ2) is 9.94. The van der Waals surface area contributed by atoms with Gasteiger partial charge in [-0.2, -0.15) is 0 Å². The smallest absolute Gasteiger partial charge is 0.339 e. The first-order valence-electron chi connectivity index (χ1n) is 9.45. The Bertz CT molecular complexity index is 1020. The lowest BCUT2D eigenvalue weighted by Gasteiger charge is -2.23. The number of aromatic carboxylic acids is 1. The maximum atomic E-state index is 13.0. The second-order valence-electron chi connectivity index (χ2n) is 6.96. The van der Waals surface area contributed by atoms with Gasteiger partial charge >= 0.3 is 5.97 Å². The van der Waals surface area contributed by atoms with Gasteiger partial charge in [-0.05, 0) is 47.9 Å². The lowest BCUT2D eigenvalue weighted by Crippen LogP contribution is -2.34. The SMILES string of the molecule is Cc1ccc(C(=O)O)c(OCC(=O)N(Cc2ccccc2)Cc2ccc(Cl)cc2)c1. The fraction of sp³-hybridized carbons (Fsp3) is 0.167. The molecule has 6 heteroatoms. The van der Waals surface area contributed by atoms with E-state index in [0.717, 1.165) is 16.7 Å². The molecule has 0 aliphatic heterocycles. The number of ether oxygens (including phenoxy) is 1. The molecule has 0 saturated carbocycles. The van der Waals surface area contributed by atoms with Crippen LogP contribution in [0.15, 0.2) is 72.8 Å². The molecule has 1 N–H and O–H groups in total. The first-order valence-corrected chi connectivity index (χ1v) is 9.83. The van der Waals surface area contributed by atoms with Gasteiger partial charge in [0.15, 0.2) is 6.61 Å². The van der Waals surface area contributed by atoms with Crippen LogP contribution in [0.4, 0.5) is 0 Å². The molecule has 3 rings (SSSR count). The zero-order chi connectivity index (χ0) is 21.5. The maximum Gasteiger partial charge on any atom is 0.339 e.